The van der Waals surface area contributed by atoms with E-state index in [-0.39, 0.29) is 18.3 Å². The van der Waals surface area contributed by atoms with Crippen LogP contribution in [0.3, 0.4) is 0 Å². The van der Waals surface area contributed by atoms with E-state index in [9.17, 15) is 4.79 Å². The van der Waals surface area contributed by atoms with E-state index < -0.39 is 0 Å². The van der Waals surface area contributed by atoms with E-state index in [1.807, 2.05) is 24.3 Å². The number of benzene rings is 1. The lowest BCUT2D eigenvalue weighted by molar-refractivity contribution is -0.116. The zero-order valence-corrected chi connectivity index (χ0v) is 19.2. The zero-order valence-electron chi connectivity index (χ0n) is 16.8. The first-order chi connectivity index (χ1) is 13.7. The summed E-state index contributed by atoms with van der Waals surface area (Å²) in [5.74, 6) is 1.97. The third-order valence-electron chi connectivity index (χ3n) is 4.62. The molecule has 0 fully saturated rings. The lowest BCUT2D eigenvalue weighted by atomic mass is 10.1. The van der Waals surface area contributed by atoms with Gasteiger partial charge < -0.3 is 15.0 Å². The number of carbonyl (C=O) groups is 1. The third-order valence-corrected chi connectivity index (χ3v) is 4.96. The molecule has 0 aliphatic heterocycles. The Kier molecular flexibility index (Phi) is 13.0. The van der Waals surface area contributed by atoms with Gasteiger partial charge in [0.1, 0.15) is 5.75 Å². The van der Waals surface area contributed by atoms with Crippen molar-refractivity contribution < 1.29 is 9.53 Å². The van der Waals surface area contributed by atoms with Gasteiger partial charge in [-0.3, -0.25) is 9.78 Å². The summed E-state index contributed by atoms with van der Waals surface area (Å²) in [7, 11) is 1.62. The number of nitrogens with one attached hydrogen (secondary N) is 1. The molecule has 1 aromatic heterocycles. The van der Waals surface area contributed by atoms with Gasteiger partial charge in [0.15, 0.2) is 0 Å². The number of rotatable bonds is 13. The molecule has 0 saturated heterocycles. The maximum absolute atomic E-state index is 12.3. The topological polar surface area (TPSA) is 54.5 Å². The molecule has 5 nitrogen and oxygen atoms in total. The van der Waals surface area contributed by atoms with Crippen molar-refractivity contribution in [3.05, 3.63) is 30.5 Å². The van der Waals surface area contributed by atoms with Crippen molar-refractivity contribution in [2.75, 3.05) is 43.8 Å². The van der Waals surface area contributed by atoms with Crippen LogP contribution in [-0.2, 0) is 4.79 Å². The number of methoxy groups -OCH3 is 1. The lowest BCUT2D eigenvalue weighted by Crippen LogP contribution is -2.28. The van der Waals surface area contributed by atoms with Crippen LogP contribution in [0.4, 0.5) is 5.69 Å². The van der Waals surface area contributed by atoms with Gasteiger partial charge in [0.25, 0.3) is 0 Å². The molecule has 1 amide bonds. The number of hydrogen-bond donors (Lipinski definition) is 1. The van der Waals surface area contributed by atoms with Gasteiger partial charge in [0.05, 0.1) is 18.3 Å². The highest BCUT2D eigenvalue weighted by atomic mass is 35.5. The van der Waals surface area contributed by atoms with Crippen LogP contribution in [0.2, 0.25) is 0 Å². The molecule has 0 unspecified atom stereocenters. The number of nitrogens with zero attached hydrogens (tertiary/aromatic N) is 2. The van der Waals surface area contributed by atoms with Gasteiger partial charge in [0.2, 0.25) is 5.91 Å². The lowest BCUT2D eigenvalue weighted by Gasteiger charge is -2.19. The van der Waals surface area contributed by atoms with Gasteiger partial charge in [-0.15, -0.1) is 35.6 Å². The number of pyridine rings is 1. The van der Waals surface area contributed by atoms with Crippen molar-refractivity contribution in [3.63, 3.8) is 0 Å². The second-order valence-electron chi connectivity index (χ2n) is 6.68. The summed E-state index contributed by atoms with van der Waals surface area (Å²) in [6.07, 6.45) is 6.31. The van der Waals surface area contributed by atoms with Crippen molar-refractivity contribution >= 4 is 58.1 Å². The Balaban J connectivity index is 0.00000420. The zero-order chi connectivity index (χ0) is 20.2. The molecule has 1 aromatic carbocycles. The molecule has 0 radical (unpaired) electrons. The predicted molar refractivity (Wildman–Crippen MR) is 125 cm³/mol. The van der Waals surface area contributed by atoms with Crippen LogP contribution in [0, 0.1) is 0 Å². The Bertz CT molecular complexity index is 740. The first-order valence-corrected chi connectivity index (χ1v) is 10.8. The summed E-state index contributed by atoms with van der Waals surface area (Å²) in [5, 5.41) is 3.92. The second-order valence-corrected chi connectivity index (χ2v) is 7.44. The number of carbonyl (C=O) groups excluding carboxylic acids is 1. The fourth-order valence-electron chi connectivity index (χ4n) is 3.14. The van der Waals surface area contributed by atoms with E-state index in [0.717, 1.165) is 56.2 Å². The molecule has 0 bridgehead atoms. The molecular weight excluding hydrogens is 433 g/mol. The third kappa shape index (κ3) is 8.95. The summed E-state index contributed by atoms with van der Waals surface area (Å²) in [5.41, 5.74) is 1.47. The highest BCUT2D eigenvalue weighted by molar-refractivity contribution is 6.18. The van der Waals surface area contributed by atoms with Gasteiger partial charge in [-0.25, -0.2) is 0 Å². The van der Waals surface area contributed by atoms with Gasteiger partial charge in [-0.05, 0) is 31.5 Å². The van der Waals surface area contributed by atoms with E-state index in [4.69, 9.17) is 27.9 Å². The number of aromatic nitrogens is 1. The largest absolute Gasteiger partial charge is 0.497 e. The Morgan fingerprint density at radius 3 is 2.52 bits per heavy atom. The Morgan fingerprint density at radius 1 is 1.10 bits per heavy atom. The van der Waals surface area contributed by atoms with Crippen molar-refractivity contribution in [2.45, 2.75) is 32.1 Å². The quantitative estimate of drug-likeness (QED) is 0.323. The van der Waals surface area contributed by atoms with E-state index in [1.54, 1.807) is 13.3 Å². The summed E-state index contributed by atoms with van der Waals surface area (Å²) >= 11 is 11.6. The monoisotopic (exact) mass is 461 g/mol. The second kappa shape index (κ2) is 14.7. The Labute approximate surface area is 189 Å². The van der Waals surface area contributed by atoms with Crippen LogP contribution in [0.15, 0.2) is 30.5 Å². The number of fused-ring (bicyclic) bond motifs is 1. The number of hydrogen-bond acceptors (Lipinski definition) is 4. The summed E-state index contributed by atoms with van der Waals surface area (Å²) in [6, 6.07) is 7.55. The molecule has 0 spiro atoms. The molecule has 1 heterocycles. The van der Waals surface area contributed by atoms with Crippen molar-refractivity contribution in [1.82, 2.24) is 9.88 Å². The first kappa shape index (κ1) is 25.8. The van der Waals surface area contributed by atoms with Gasteiger partial charge in [-0.1, -0.05) is 18.9 Å². The SMILES string of the molecule is COc1cc(NC(=O)CCCCCCN(CCCl)CCCl)c2ncccc2c1.Cl. The van der Waals surface area contributed by atoms with E-state index >= 15 is 0 Å². The molecule has 2 rings (SSSR count). The van der Waals surface area contributed by atoms with Crippen molar-refractivity contribution in [2.24, 2.45) is 0 Å². The minimum atomic E-state index is 0. The summed E-state index contributed by atoms with van der Waals surface area (Å²) < 4.78 is 5.32. The fraction of sp³-hybridized carbons (Fsp3) is 0.524. The number of anilines is 1. The van der Waals surface area contributed by atoms with Crippen molar-refractivity contribution in [1.29, 1.82) is 0 Å². The first-order valence-electron chi connectivity index (χ1n) is 9.75. The maximum atomic E-state index is 12.3. The Morgan fingerprint density at radius 2 is 1.83 bits per heavy atom. The highest BCUT2D eigenvalue weighted by Gasteiger charge is 2.09. The molecule has 0 aliphatic carbocycles. The normalized spacial score (nSPS) is 10.8. The number of unbranched alkanes of at least 4 members (excludes halogenated alkanes) is 3. The maximum Gasteiger partial charge on any atom is 0.224 e. The van der Waals surface area contributed by atoms with E-state index in [1.165, 1.54) is 0 Å². The molecular formula is C21H30Cl3N3O2. The molecule has 1 N–H and O–H groups in total. The number of amides is 1. The number of halogens is 3. The number of alkyl halides is 2. The molecule has 0 aliphatic rings. The van der Waals surface area contributed by atoms with Gasteiger partial charge in [0, 0.05) is 48.9 Å². The average molecular weight is 463 g/mol. The summed E-state index contributed by atoms with van der Waals surface area (Å²) in [6.45, 7) is 2.76. The van der Waals surface area contributed by atoms with E-state index in [0.29, 0.717) is 29.6 Å². The fourth-order valence-corrected chi connectivity index (χ4v) is 3.62. The molecule has 0 atom stereocenters. The standard InChI is InChI=1S/C21H29Cl2N3O2.ClH/c1-28-18-15-17-7-6-11-24-21(17)19(16-18)25-20(27)8-4-2-3-5-12-26(13-9-22)14-10-23;/h6-7,11,15-16H,2-5,8-10,12-14H2,1H3,(H,25,27);1H. The minimum Gasteiger partial charge on any atom is -0.497 e. The molecule has 2 aromatic rings. The van der Waals surface area contributed by atoms with Crippen LogP contribution in [-0.4, -0.2) is 54.3 Å². The van der Waals surface area contributed by atoms with Gasteiger partial charge >= 0.3 is 0 Å². The Hall–Kier alpha value is -1.27. The summed E-state index contributed by atoms with van der Waals surface area (Å²) in [4.78, 5) is 19.0. The van der Waals surface area contributed by atoms with Crippen LogP contribution in [0.25, 0.3) is 10.9 Å². The average Bonchev–Trinajstić information content (AvgIpc) is 2.70. The molecule has 29 heavy (non-hydrogen) atoms. The molecule has 8 heteroatoms. The molecule has 0 saturated carbocycles. The minimum absolute atomic E-state index is 0. The van der Waals surface area contributed by atoms with E-state index in [2.05, 4.69) is 15.2 Å². The van der Waals surface area contributed by atoms with Crippen LogP contribution < -0.4 is 10.1 Å². The highest BCUT2D eigenvalue weighted by Crippen LogP contribution is 2.27. The van der Waals surface area contributed by atoms with Crippen LogP contribution >= 0.6 is 35.6 Å². The van der Waals surface area contributed by atoms with Gasteiger partial charge in [-0.2, -0.15) is 0 Å². The molecule has 162 valence electrons. The predicted octanol–water partition coefficient (Wildman–Crippen LogP) is 5.33. The number of ether oxygens (including phenoxy) is 1. The van der Waals surface area contributed by atoms with Crippen LogP contribution in [0.5, 0.6) is 5.75 Å². The van der Waals surface area contributed by atoms with Crippen LogP contribution in [0.1, 0.15) is 32.1 Å². The van der Waals surface area contributed by atoms with Crippen molar-refractivity contribution in [3.8, 4) is 5.75 Å². The smallest absolute Gasteiger partial charge is 0.224 e.